The summed E-state index contributed by atoms with van der Waals surface area (Å²) in [5.74, 6) is -3.39. The zero-order chi connectivity index (χ0) is 16.4. The number of benzene rings is 1. The number of ether oxygens (including phenoxy) is 1. The Morgan fingerprint density at radius 3 is 2.27 bits per heavy atom. The van der Waals surface area contributed by atoms with Crippen molar-refractivity contribution in [2.45, 2.75) is 36.9 Å². The van der Waals surface area contributed by atoms with Crippen LogP contribution < -0.4 is 4.74 Å². The van der Waals surface area contributed by atoms with Crippen molar-refractivity contribution in [2.24, 2.45) is 0 Å². The Morgan fingerprint density at radius 2 is 1.77 bits per heavy atom. The molecule has 0 unspecified atom stereocenters. The van der Waals surface area contributed by atoms with Crippen LogP contribution in [0.1, 0.15) is 36.0 Å². The van der Waals surface area contributed by atoms with E-state index >= 15 is 0 Å². The van der Waals surface area contributed by atoms with E-state index in [1.54, 1.807) is 12.1 Å². The summed E-state index contributed by atoms with van der Waals surface area (Å²) in [6, 6.07) is 6.12. The van der Waals surface area contributed by atoms with Gasteiger partial charge in [-0.2, -0.15) is 0 Å². The molecule has 1 aliphatic carbocycles. The van der Waals surface area contributed by atoms with Crippen molar-refractivity contribution in [3.63, 3.8) is 0 Å². The van der Waals surface area contributed by atoms with Crippen LogP contribution in [0.2, 0.25) is 0 Å². The molecule has 1 saturated carbocycles. The van der Waals surface area contributed by atoms with E-state index in [1.807, 2.05) is 0 Å². The van der Waals surface area contributed by atoms with Crippen molar-refractivity contribution in [1.29, 1.82) is 0 Å². The van der Waals surface area contributed by atoms with Gasteiger partial charge in [-0.3, -0.25) is 4.79 Å². The van der Waals surface area contributed by atoms with Crippen molar-refractivity contribution >= 4 is 15.6 Å². The van der Waals surface area contributed by atoms with Crippen LogP contribution in [0.25, 0.3) is 0 Å². The molecule has 1 fully saturated rings. The van der Waals surface area contributed by atoms with E-state index in [1.165, 1.54) is 19.2 Å². The number of rotatable bonds is 5. The number of sulfone groups is 1. The summed E-state index contributed by atoms with van der Waals surface area (Å²) in [6.45, 7) is 0. The van der Waals surface area contributed by atoms with Crippen LogP contribution in [0, 0.1) is 0 Å². The second-order valence-corrected chi connectivity index (χ2v) is 7.80. The maximum absolute atomic E-state index is 13.1. The van der Waals surface area contributed by atoms with Gasteiger partial charge in [-0.1, -0.05) is 0 Å². The quantitative estimate of drug-likeness (QED) is 0.778. The van der Waals surface area contributed by atoms with E-state index in [4.69, 9.17) is 4.74 Å². The third kappa shape index (κ3) is 4.03. The molecule has 0 spiro atoms. The van der Waals surface area contributed by atoms with E-state index in [0.717, 1.165) is 0 Å². The highest BCUT2D eigenvalue weighted by molar-refractivity contribution is 7.92. The van der Waals surface area contributed by atoms with E-state index in [9.17, 15) is 22.0 Å². The largest absolute Gasteiger partial charge is 0.497 e. The molecule has 0 N–H and O–H groups in total. The highest BCUT2D eigenvalue weighted by atomic mass is 32.2. The fraction of sp³-hybridized carbons (Fsp3) is 0.533. The minimum absolute atomic E-state index is 0.0920. The summed E-state index contributed by atoms with van der Waals surface area (Å²) in [5.41, 5.74) is 0.269. The SMILES string of the molecule is COc1ccc(C(=O)CS(=O)(=O)C2CCC(F)(F)CC2)cc1. The minimum Gasteiger partial charge on any atom is -0.497 e. The number of ketones is 1. The third-order valence-corrected chi connectivity index (χ3v) is 6.07. The van der Waals surface area contributed by atoms with Crippen LogP contribution in [-0.2, 0) is 9.84 Å². The normalized spacial score (nSPS) is 18.9. The van der Waals surface area contributed by atoms with Gasteiger partial charge >= 0.3 is 0 Å². The van der Waals surface area contributed by atoms with Crippen molar-refractivity contribution in [3.05, 3.63) is 29.8 Å². The molecule has 22 heavy (non-hydrogen) atoms. The number of alkyl halides is 2. The maximum atomic E-state index is 13.1. The van der Waals surface area contributed by atoms with Crippen LogP contribution in [0.5, 0.6) is 5.75 Å². The lowest BCUT2D eigenvalue weighted by Crippen LogP contribution is -2.35. The summed E-state index contributed by atoms with van der Waals surface area (Å²) in [4.78, 5) is 12.1. The molecule has 0 heterocycles. The number of methoxy groups -OCH3 is 1. The molecule has 1 aromatic rings. The van der Waals surface area contributed by atoms with E-state index in [-0.39, 0.29) is 18.4 Å². The van der Waals surface area contributed by atoms with Crippen LogP contribution in [-0.4, -0.2) is 38.2 Å². The van der Waals surface area contributed by atoms with Gasteiger partial charge in [0.15, 0.2) is 15.6 Å². The molecule has 7 heteroatoms. The number of Topliss-reactive ketones (excluding diaryl/α,β-unsaturated/α-hetero) is 1. The zero-order valence-electron chi connectivity index (χ0n) is 12.2. The summed E-state index contributed by atoms with van der Waals surface area (Å²) in [7, 11) is -2.22. The molecular weight excluding hydrogens is 314 g/mol. The molecule has 122 valence electrons. The molecule has 0 saturated heterocycles. The Labute approximate surface area is 128 Å². The first-order valence-corrected chi connectivity index (χ1v) is 8.72. The second-order valence-electron chi connectivity index (χ2n) is 5.51. The first-order valence-electron chi connectivity index (χ1n) is 7.00. The Hall–Kier alpha value is -1.50. The topological polar surface area (TPSA) is 60.4 Å². The molecule has 1 aromatic carbocycles. The zero-order valence-corrected chi connectivity index (χ0v) is 13.0. The fourth-order valence-electron chi connectivity index (χ4n) is 2.53. The van der Waals surface area contributed by atoms with Gasteiger partial charge in [0.25, 0.3) is 0 Å². The molecule has 0 aliphatic heterocycles. The smallest absolute Gasteiger partial charge is 0.248 e. The molecule has 0 aromatic heterocycles. The molecular formula is C15H18F2O4S. The first kappa shape index (κ1) is 16.9. The molecule has 0 bridgehead atoms. The van der Waals surface area contributed by atoms with Gasteiger partial charge in [-0.25, -0.2) is 17.2 Å². The monoisotopic (exact) mass is 332 g/mol. The Morgan fingerprint density at radius 1 is 1.23 bits per heavy atom. The van der Waals surface area contributed by atoms with Gasteiger partial charge in [0.1, 0.15) is 11.5 Å². The standard InChI is InChI=1S/C15H18F2O4S/c1-21-12-4-2-11(3-5-12)14(18)10-22(19,20)13-6-8-15(16,17)9-7-13/h2-5,13H,6-10H2,1H3. The second kappa shape index (κ2) is 6.32. The average molecular weight is 332 g/mol. The van der Waals surface area contributed by atoms with E-state index < -0.39 is 45.4 Å². The summed E-state index contributed by atoms with van der Waals surface area (Å²) in [6.07, 6.45) is -1.06. The van der Waals surface area contributed by atoms with Crippen LogP contribution in [0.3, 0.4) is 0 Å². The average Bonchev–Trinajstić information content (AvgIpc) is 2.46. The lowest BCUT2D eigenvalue weighted by molar-refractivity contribution is -0.0328. The van der Waals surface area contributed by atoms with Gasteiger partial charge < -0.3 is 4.74 Å². The maximum Gasteiger partial charge on any atom is 0.248 e. The molecule has 4 nitrogen and oxygen atoms in total. The summed E-state index contributed by atoms with van der Waals surface area (Å²) in [5, 5.41) is -0.852. The lowest BCUT2D eigenvalue weighted by Gasteiger charge is -2.27. The van der Waals surface area contributed by atoms with Gasteiger partial charge in [0.2, 0.25) is 5.92 Å². The number of hydrogen-bond acceptors (Lipinski definition) is 4. The molecule has 0 amide bonds. The summed E-state index contributed by atoms with van der Waals surface area (Å²) < 4.78 is 55.6. The minimum atomic E-state index is -3.71. The van der Waals surface area contributed by atoms with Crippen molar-refractivity contribution < 1.29 is 26.7 Å². The van der Waals surface area contributed by atoms with Crippen LogP contribution in [0.4, 0.5) is 8.78 Å². The Bertz CT molecular complexity index is 628. The van der Waals surface area contributed by atoms with Gasteiger partial charge in [0, 0.05) is 18.4 Å². The Balaban J connectivity index is 2.03. The molecule has 1 aliphatic rings. The molecule has 0 radical (unpaired) electrons. The van der Waals surface area contributed by atoms with Crippen LogP contribution in [0.15, 0.2) is 24.3 Å². The van der Waals surface area contributed by atoms with Gasteiger partial charge in [0.05, 0.1) is 12.4 Å². The van der Waals surface area contributed by atoms with Crippen molar-refractivity contribution in [3.8, 4) is 5.75 Å². The number of hydrogen-bond donors (Lipinski definition) is 0. The van der Waals surface area contributed by atoms with E-state index in [2.05, 4.69) is 0 Å². The fourth-order valence-corrected chi connectivity index (χ4v) is 4.26. The first-order chi connectivity index (χ1) is 10.2. The summed E-state index contributed by atoms with van der Waals surface area (Å²) >= 11 is 0. The predicted molar refractivity (Wildman–Crippen MR) is 78.3 cm³/mol. The van der Waals surface area contributed by atoms with Crippen molar-refractivity contribution in [2.75, 3.05) is 12.9 Å². The Kier molecular flexibility index (Phi) is 4.84. The molecule has 2 rings (SSSR count). The van der Waals surface area contributed by atoms with Gasteiger partial charge in [-0.05, 0) is 37.1 Å². The number of halogens is 2. The third-order valence-electron chi connectivity index (χ3n) is 3.92. The molecule has 0 atom stereocenters. The van der Waals surface area contributed by atoms with E-state index in [0.29, 0.717) is 5.75 Å². The van der Waals surface area contributed by atoms with Crippen LogP contribution >= 0.6 is 0 Å². The highest BCUT2D eigenvalue weighted by Crippen LogP contribution is 2.36. The van der Waals surface area contributed by atoms with Crippen molar-refractivity contribution in [1.82, 2.24) is 0 Å². The predicted octanol–water partition coefficient (Wildman–Crippen LogP) is 2.87. The number of carbonyl (C=O) groups excluding carboxylic acids is 1. The number of carbonyl (C=O) groups is 1. The lowest BCUT2D eigenvalue weighted by atomic mass is 9.96. The highest BCUT2D eigenvalue weighted by Gasteiger charge is 2.40. The van der Waals surface area contributed by atoms with Gasteiger partial charge in [-0.15, -0.1) is 0 Å².